The molecule has 0 aliphatic carbocycles. The molecule has 1 heterocycles. The number of benzene rings is 2. The van der Waals surface area contributed by atoms with E-state index in [0.29, 0.717) is 6.54 Å². The summed E-state index contributed by atoms with van der Waals surface area (Å²) in [7, 11) is 3.30. The van der Waals surface area contributed by atoms with Gasteiger partial charge in [-0.2, -0.15) is 0 Å². The summed E-state index contributed by atoms with van der Waals surface area (Å²) in [6.45, 7) is 0.700. The van der Waals surface area contributed by atoms with Crippen LogP contribution in [0.2, 0.25) is 0 Å². The van der Waals surface area contributed by atoms with E-state index in [1.807, 2.05) is 42.5 Å². The molecule has 0 radical (unpaired) electrons. The van der Waals surface area contributed by atoms with E-state index >= 15 is 0 Å². The Balaban J connectivity index is 1.91. The number of hydrogen-bond acceptors (Lipinski definition) is 4. The first-order valence-electron chi connectivity index (χ1n) is 7.11. The van der Waals surface area contributed by atoms with Gasteiger partial charge in [0.2, 0.25) is 0 Å². The summed E-state index contributed by atoms with van der Waals surface area (Å²) in [5.41, 5.74) is 2.10. The number of pyridine rings is 1. The van der Waals surface area contributed by atoms with E-state index in [1.165, 1.54) is 5.56 Å². The Morgan fingerprint density at radius 1 is 0.955 bits per heavy atom. The van der Waals surface area contributed by atoms with Gasteiger partial charge in [0.15, 0.2) is 11.6 Å². The minimum Gasteiger partial charge on any atom is -0.497 e. The number of nitrogens with one attached hydrogen (secondary N) is 1. The fourth-order valence-corrected chi connectivity index (χ4v) is 2.33. The van der Waals surface area contributed by atoms with E-state index < -0.39 is 0 Å². The van der Waals surface area contributed by atoms with Crippen LogP contribution >= 0.6 is 0 Å². The lowest BCUT2D eigenvalue weighted by Gasteiger charge is -2.12. The van der Waals surface area contributed by atoms with Crippen LogP contribution in [-0.4, -0.2) is 19.2 Å². The minimum absolute atomic E-state index is 0.700. The molecule has 0 atom stereocenters. The highest BCUT2D eigenvalue weighted by molar-refractivity contribution is 5.84. The fourth-order valence-electron chi connectivity index (χ4n) is 2.33. The molecule has 4 nitrogen and oxygen atoms in total. The van der Waals surface area contributed by atoms with Crippen LogP contribution in [0.3, 0.4) is 0 Å². The summed E-state index contributed by atoms with van der Waals surface area (Å²) >= 11 is 0. The van der Waals surface area contributed by atoms with E-state index in [4.69, 9.17) is 9.47 Å². The van der Waals surface area contributed by atoms with Crippen molar-refractivity contribution in [3.63, 3.8) is 0 Å². The van der Waals surface area contributed by atoms with Gasteiger partial charge in [-0.05, 0) is 29.8 Å². The van der Waals surface area contributed by atoms with Crippen molar-refractivity contribution in [1.82, 2.24) is 4.98 Å². The Hall–Kier alpha value is -2.75. The quantitative estimate of drug-likeness (QED) is 0.776. The molecule has 112 valence electrons. The van der Waals surface area contributed by atoms with E-state index in [-0.39, 0.29) is 0 Å². The molecule has 3 rings (SSSR count). The number of fused-ring (bicyclic) bond motifs is 1. The zero-order valence-electron chi connectivity index (χ0n) is 12.7. The van der Waals surface area contributed by atoms with Crippen molar-refractivity contribution in [2.24, 2.45) is 0 Å². The average Bonchev–Trinajstić information content (AvgIpc) is 2.59. The van der Waals surface area contributed by atoms with Crippen LogP contribution < -0.4 is 14.8 Å². The average molecular weight is 294 g/mol. The third kappa shape index (κ3) is 2.96. The predicted octanol–water partition coefficient (Wildman–Crippen LogP) is 3.86. The number of anilines is 1. The number of rotatable bonds is 5. The molecule has 0 bridgehead atoms. The summed E-state index contributed by atoms with van der Waals surface area (Å²) in [4.78, 5) is 4.64. The smallest absolute Gasteiger partial charge is 0.169 e. The number of ether oxygens (including phenoxy) is 2. The fraction of sp³-hybridized carbons (Fsp3) is 0.167. The van der Waals surface area contributed by atoms with Gasteiger partial charge in [-0.1, -0.05) is 30.3 Å². The number of methoxy groups -OCH3 is 2. The maximum absolute atomic E-state index is 5.45. The van der Waals surface area contributed by atoms with Crippen molar-refractivity contribution >= 4 is 16.7 Å². The summed E-state index contributed by atoms with van der Waals surface area (Å²) in [6.07, 6.45) is 0. The second-order valence-corrected chi connectivity index (χ2v) is 4.94. The third-order valence-corrected chi connectivity index (χ3v) is 3.51. The Morgan fingerprint density at radius 2 is 1.77 bits per heavy atom. The summed E-state index contributed by atoms with van der Waals surface area (Å²) in [5.74, 6) is 2.27. The topological polar surface area (TPSA) is 43.4 Å². The zero-order chi connectivity index (χ0) is 15.4. The first-order chi connectivity index (χ1) is 10.8. The van der Waals surface area contributed by atoms with Crippen LogP contribution in [0.5, 0.6) is 11.5 Å². The van der Waals surface area contributed by atoms with E-state index in [9.17, 15) is 0 Å². The second-order valence-electron chi connectivity index (χ2n) is 4.94. The van der Waals surface area contributed by atoms with Gasteiger partial charge in [-0.3, -0.25) is 0 Å². The Bertz CT molecular complexity index is 773. The lowest BCUT2D eigenvalue weighted by molar-refractivity contribution is 0.414. The molecule has 2 aromatic carbocycles. The summed E-state index contributed by atoms with van der Waals surface area (Å²) < 4.78 is 10.7. The highest BCUT2D eigenvalue weighted by Crippen LogP contribution is 2.29. The standard InChI is InChI=1S/C18H18N2O2/c1-21-15-8-9-16-14(10-15)11-17(22-2)18(20-16)19-12-13-6-4-3-5-7-13/h3-11H,12H2,1-2H3,(H,19,20). The highest BCUT2D eigenvalue weighted by Gasteiger charge is 2.08. The molecule has 0 spiro atoms. The summed E-state index contributed by atoms with van der Waals surface area (Å²) in [6, 6.07) is 18.0. The lowest BCUT2D eigenvalue weighted by Crippen LogP contribution is -2.03. The maximum atomic E-state index is 5.45. The molecule has 22 heavy (non-hydrogen) atoms. The van der Waals surface area contributed by atoms with Gasteiger partial charge in [0.25, 0.3) is 0 Å². The van der Waals surface area contributed by atoms with E-state index in [2.05, 4.69) is 22.4 Å². The van der Waals surface area contributed by atoms with Gasteiger partial charge in [-0.25, -0.2) is 4.98 Å². The van der Waals surface area contributed by atoms with E-state index in [1.54, 1.807) is 14.2 Å². The van der Waals surface area contributed by atoms with Gasteiger partial charge < -0.3 is 14.8 Å². The Labute approximate surface area is 129 Å². The van der Waals surface area contributed by atoms with Crippen LogP contribution in [0.4, 0.5) is 5.82 Å². The molecule has 0 saturated carbocycles. The third-order valence-electron chi connectivity index (χ3n) is 3.51. The first kappa shape index (κ1) is 14.2. The van der Waals surface area contributed by atoms with Gasteiger partial charge in [0.1, 0.15) is 5.75 Å². The Kier molecular flexibility index (Phi) is 4.10. The lowest BCUT2D eigenvalue weighted by atomic mass is 10.2. The van der Waals surface area contributed by atoms with Crippen molar-refractivity contribution in [1.29, 1.82) is 0 Å². The van der Waals surface area contributed by atoms with Crippen molar-refractivity contribution in [3.05, 3.63) is 60.2 Å². The molecule has 3 aromatic rings. The molecule has 1 N–H and O–H groups in total. The summed E-state index contributed by atoms with van der Waals surface area (Å²) in [5, 5.41) is 4.32. The minimum atomic E-state index is 0.700. The monoisotopic (exact) mass is 294 g/mol. The van der Waals surface area contributed by atoms with Crippen molar-refractivity contribution in [2.75, 3.05) is 19.5 Å². The number of aromatic nitrogens is 1. The van der Waals surface area contributed by atoms with Crippen LogP contribution in [-0.2, 0) is 6.54 Å². The highest BCUT2D eigenvalue weighted by atomic mass is 16.5. The number of nitrogens with zero attached hydrogens (tertiary/aromatic N) is 1. The molecule has 0 aliphatic rings. The molecule has 0 saturated heterocycles. The van der Waals surface area contributed by atoms with Crippen LogP contribution in [0.1, 0.15) is 5.56 Å². The van der Waals surface area contributed by atoms with Crippen molar-refractivity contribution < 1.29 is 9.47 Å². The second kappa shape index (κ2) is 6.35. The molecular weight excluding hydrogens is 276 g/mol. The van der Waals surface area contributed by atoms with Crippen LogP contribution in [0, 0.1) is 0 Å². The van der Waals surface area contributed by atoms with Crippen LogP contribution in [0.15, 0.2) is 54.6 Å². The molecule has 1 aromatic heterocycles. The SMILES string of the molecule is COc1ccc2nc(NCc3ccccc3)c(OC)cc2c1. The van der Waals surface area contributed by atoms with Gasteiger partial charge >= 0.3 is 0 Å². The molecule has 0 unspecified atom stereocenters. The first-order valence-corrected chi connectivity index (χ1v) is 7.11. The zero-order valence-corrected chi connectivity index (χ0v) is 12.7. The van der Waals surface area contributed by atoms with Gasteiger partial charge in [-0.15, -0.1) is 0 Å². The number of hydrogen-bond donors (Lipinski definition) is 1. The molecule has 0 fully saturated rings. The normalized spacial score (nSPS) is 10.5. The molecule has 4 heteroatoms. The van der Waals surface area contributed by atoms with Crippen LogP contribution in [0.25, 0.3) is 10.9 Å². The maximum Gasteiger partial charge on any atom is 0.169 e. The molecular formula is C18H18N2O2. The van der Waals surface area contributed by atoms with Gasteiger partial charge in [0, 0.05) is 11.9 Å². The molecule has 0 amide bonds. The molecule has 0 aliphatic heterocycles. The Morgan fingerprint density at radius 3 is 2.50 bits per heavy atom. The van der Waals surface area contributed by atoms with Crippen molar-refractivity contribution in [3.8, 4) is 11.5 Å². The largest absolute Gasteiger partial charge is 0.497 e. The predicted molar refractivity (Wildman–Crippen MR) is 88.6 cm³/mol. The van der Waals surface area contributed by atoms with Gasteiger partial charge in [0.05, 0.1) is 19.7 Å². The van der Waals surface area contributed by atoms with Crippen molar-refractivity contribution in [2.45, 2.75) is 6.54 Å². The van der Waals surface area contributed by atoms with E-state index in [0.717, 1.165) is 28.2 Å².